The van der Waals surface area contributed by atoms with Gasteiger partial charge in [-0.15, -0.1) is 11.3 Å². The van der Waals surface area contributed by atoms with Crippen LogP contribution in [0.5, 0.6) is 0 Å². The van der Waals surface area contributed by atoms with E-state index in [1.165, 1.54) is 0 Å². The predicted octanol–water partition coefficient (Wildman–Crippen LogP) is 3.64. The van der Waals surface area contributed by atoms with Gasteiger partial charge in [-0.25, -0.2) is 4.98 Å². The molecule has 6 heteroatoms. The quantitative estimate of drug-likeness (QED) is 0.703. The summed E-state index contributed by atoms with van der Waals surface area (Å²) in [6.45, 7) is 1.34. The summed E-state index contributed by atoms with van der Waals surface area (Å²) in [5.41, 5.74) is 1.81. The Hall–Kier alpha value is -2.44. The van der Waals surface area contributed by atoms with Gasteiger partial charge in [0.15, 0.2) is 0 Å². The van der Waals surface area contributed by atoms with Crippen LogP contribution >= 0.6 is 11.3 Å². The summed E-state index contributed by atoms with van der Waals surface area (Å²) >= 11 is 1.60. The molecule has 25 heavy (non-hydrogen) atoms. The number of likely N-dealkylation sites (N-methyl/N-ethyl adjacent to an activating group) is 1. The Kier molecular flexibility index (Phi) is 4.38. The normalized spacial score (nSPS) is 17.6. The second-order valence-corrected chi connectivity index (χ2v) is 7.11. The first-order valence-corrected chi connectivity index (χ1v) is 9.15. The Labute approximate surface area is 150 Å². The minimum atomic E-state index is -0.123. The Morgan fingerprint density at radius 2 is 2.12 bits per heavy atom. The van der Waals surface area contributed by atoms with E-state index in [0.29, 0.717) is 12.4 Å². The maximum Gasteiger partial charge on any atom is 0.244 e. The summed E-state index contributed by atoms with van der Waals surface area (Å²) in [6.07, 6.45) is 2.50. The molecule has 1 saturated heterocycles. The van der Waals surface area contributed by atoms with Crippen molar-refractivity contribution < 1.29 is 9.21 Å². The molecule has 2 aromatic heterocycles. The molecule has 0 spiro atoms. The van der Waals surface area contributed by atoms with Crippen LogP contribution < -0.4 is 4.90 Å². The lowest BCUT2D eigenvalue weighted by molar-refractivity contribution is -0.121. The molecule has 4 rings (SSSR count). The number of hydrogen-bond donors (Lipinski definition) is 0. The van der Waals surface area contributed by atoms with Gasteiger partial charge in [0.05, 0.1) is 16.6 Å². The number of rotatable bonds is 5. The maximum absolute atomic E-state index is 12.8. The van der Waals surface area contributed by atoms with E-state index in [1.54, 1.807) is 17.6 Å². The second-order valence-electron chi connectivity index (χ2n) is 6.17. The first-order valence-electron chi connectivity index (χ1n) is 8.27. The zero-order chi connectivity index (χ0) is 17.2. The number of anilines is 1. The van der Waals surface area contributed by atoms with Crippen molar-refractivity contribution in [3.63, 3.8) is 0 Å². The number of amides is 1. The minimum Gasteiger partial charge on any atom is -0.444 e. The number of benzene rings is 1. The van der Waals surface area contributed by atoms with Crippen LogP contribution in [0.15, 0.2) is 58.5 Å². The first kappa shape index (κ1) is 16.1. The first-order chi connectivity index (χ1) is 12.2. The van der Waals surface area contributed by atoms with Crippen molar-refractivity contribution in [2.45, 2.75) is 19.0 Å². The molecule has 128 valence electrons. The van der Waals surface area contributed by atoms with E-state index < -0.39 is 0 Å². The second kappa shape index (κ2) is 6.82. The standard InChI is InChI=1S/C19H19N3O2S/c1-21(12-14-13-24-18(20-14)17-8-5-11-25-17)16-9-10-22(19(16)23)15-6-3-2-4-7-15/h2-8,11,13,16H,9-10,12H2,1H3. The summed E-state index contributed by atoms with van der Waals surface area (Å²) in [4.78, 5) is 22.2. The van der Waals surface area contributed by atoms with Gasteiger partial charge in [0.2, 0.25) is 11.8 Å². The molecule has 1 unspecified atom stereocenters. The number of aromatic nitrogens is 1. The molecular formula is C19H19N3O2S. The number of para-hydroxylation sites is 1. The third kappa shape index (κ3) is 3.23. The van der Waals surface area contributed by atoms with Gasteiger partial charge in [0.25, 0.3) is 0 Å². The molecule has 1 atom stereocenters. The zero-order valence-corrected chi connectivity index (χ0v) is 14.8. The average Bonchev–Trinajstić information content (AvgIpc) is 3.35. The van der Waals surface area contributed by atoms with Crippen LogP contribution in [0.3, 0.4) is 0 Å². The lowest BCUT2D eigenvalue weighted by Crippen LogP contribution is -2.39. The predicted molar refractivity (Wildman–Crippen MR) is 98.5 cm³/mol. The summed E-state index contributed by atoms with van der Waals surface area (Å²) < 4.78 is 5.57. The molecule has 0 N–H and O–H groups in total. The van der Waals surface area contributed by atoms with Gasteiger partial charge in [0, 0.05) is 18.8 Å². The Morgan fingerprint density at radius 1 is 1.28 bits per heavy atom. The van der Waals surface area contributed by atoms with Gasteiger partial charge >= 0.3 is 0 Å². The number of nitrogens with zero attached hydrogens (tertiary/aromatic N) is 3. The van der Waals surface area contributed by atoms with Crippen molar-refractivity contribution in [1.29, 1.82) is 0 Å². The van der Waals surface area contributed by atoms with Gasteiger partial charge < -0.3 is 9.32 Å². The highest BCUT2D eigenvalue weighted by atomic mass is 32.1. The van der Waals surface area contributed by atoms with Crippen molar-refractivity contribution in [1.82, 2.24) is 9.88 Å². The fourth-order valence-corrected chi connectivity index (χ4v) is 3.85. The third-order valence-corrected chi connectivity index (χ3v) is 5.33. The molecular weight excluding hydrogens is 334 g/mol. The molecule has 0 aliphatic carbocycles. The van der Waals surface area contributed by atoms with Gasteiger partial charge in [-0.1, -0.05) is 24.3 Å². The monoisotopic (exact) mass is 353 g/mol. The molecule has 1 amide bonds. The number of hydrogen-bond acceptors (Lipinski definition) is 5. The topological polar surface area (TPSA) is 49.6 Å². The van der Waals surface area contributed by atoms with Crippen LogP contribution in [0, 0.1) is 0 Å². The van der Waals surface area contributed by atoms with E-state index in [1.807, 2.05) is 59.8 Å². The Morgan fingerprint density at radius 3 is 2.88 bits per heavy atom. The highest BCUT2D eigenvalue weighted by molar-refractivity contribution is 7.13. The molecule has 1 fully saturated rings. The van der Waals surface area contributed by atoms with Crippen LogP contribution in [0.2, 0.25) is 0 Å². The Balaban J connectivity index is 1.43. The molecule has 1 aliphatic heterocycles. The van der Waals surface area contributed by atoms with Crippen LogP contribution in [0.25, 0.3) is 10.8 Å². The van der Waals surface area contributed by atoms with Gasteiger partial charge in [-0.05, 0) is 37.0 Å². The van der Waals surface area contributed by atoms with Crippen molar-refractivity contribution in [3.8, 4) is 10.8 Å². The summed E-state index contributed by atoms with van der Waals surface area (Å²) in [5, 5.41) is 2.00. The van der Waals surface area contributed by atoms with Gasteiger partial charge in [-0.2, -0.15) is 0 Å². The molecule has 1 aliphatic rings. The molecule has 3 aromatic rings. The molecule has 0 radical (unpaired) electrons. The summed E-state index contributed by atoms with van der Waals surface area (Å²) in [5.74, 6) is 0.790. The van der Waals surface area contributed by atoms with Gasteiger partial charge in [0.1, 0.15) is 6.26 Å². The van der Waals surface area contributed by atoms with Crippen LogP contribution in [-0.2, 0) is 11.3 Å². The Bertz CT molecular complexity index is 845. The molecule has 0 saturated carbocycles. The lowest BCUT2D eigenvalue weighted by atomic mass is 10.2. The highest BCUT2D eigenvalue weighted by Gasteiger charge is 2.35. The van der Waals surface area contributed by atoms with E-state index in [2.05, 4.69) is 9.88 Å². The van der Waals surface area contributed by atoms with Crippen LogP contribution in [0.1, 0.15) is 12.1 Å². The van der Waals surface area contributed by atoms with Crippen molar-refractivity contribution in [2.24, 2.45) is 0 Å². The summed E-state index contributed by atoms with van der Waals surface area (Å²) in [6, 6.07) is 13.7. The number of carbonyl (C=O) groups excluding carboxylic acids is 1. The number of oxazole rings is 1. The van der Waals surface area contributed by atoms with Crippen molar-refractivity contribution in [2.75, 3.05) is 18.5 Å². The van der Waals surface area contributed by atoms with E-state index in [0.717, 1.165) is 29.2 Å². The SMILES string of the molecule is CN(Cc1coc(-c2cccs2)n1)C1CCN(c2ccccc2)C1=O. The average molecular weight is 353 g/mol. The molecule has 5 nitrogen and oxygen atoms in total. The molecule has 1 aromatic carbocycles. The maximum atomic E-state index is 12.8. The number of carbonyl (C=O) groups is 1. The van der Waals surface area contributed by atoms with Crippen LogP contribution in [-0.4, -0.2) is 35.4 Å². The lowest BCUT2D eigenvalue weighted by Gasteiger charge is -2.22. The van der Waals surface area contributed by atoms with E-state index >= 15 is 0 Å². The van der Waals surface area contributed by atoms with E-state index in [4.69, 9.17) is 4.42 Å². The van der Waals surface area contributed by atoms with E-state index in [-0.39, 0.29) is 11.9 Å². The van der Waals surface area contributed by atoms with E-state index in [9.17, 15) is 4.79 Å². The molecule has 0 bridgehead atoms. The highest BCUT2D eigenvalue weighted by Crippen LogP contribution is 2.26. The fraction of sp³-hybridized carbons (Fsp3) is 0.263. The minimum absolute atomic E-state index is 0.123. The smallest absolute Gasteiger partial charge is 0.244 e. The van der Waals surface area contributed by atoms with Crippen LogP contribution in [0.4, 0.5) is 5.69 Å². The third-order valence-electron chi connectivity index (χ3n) is 4.47. The fourth-order valence-electron chi connectivity index (χ4n) is 3.20. The van der Waals surface area contributed by atoms with Crippen molar-refractivity contribution in [3.05, 3.63) is 59.8 Å². The largest absolute Gasteiger partial charge is 0.444 e. The van der Waals surface area contributed by atoms with Crippen molar-refractivity contribution >= 4 is 22.9 Å². The molecule has 3 heterocycles. The zero-order valence-electron chi connectivity index (χ0n) is 14.0. The summed E-state index contributed by atoms with van der Waals surface area (Å²) in [7, 11) is 1.97. The van der Waals surface area contributed by atoms with Gasteiger partial charge in [-0.3, -0.25) is 9.69 Å². The number of thiophene rings is 1.